The number of methoxy groups -OCH3 is 1. The number of H-pyrrole nitrogens is 1. The molecule has 1 atom stereocenters. The largest absolute Gasteiger partial charge is 0.467 e. The summed E-state index contributed by atoms with van der Waals surface area (Å²) < 4.78 is 4.89. The Kier molecular flexibility index (Phi) is 9.90. The molecule has 242 valence electrons. The number of nitrogens with zero attached hydrogens (tertiary/aromatic N) is 5. The molecule has 5 aromatic rings. The lowest BCUT2D eigenvalue weighted by atomic mass is 10.0. The van der Waals surface area contributed by atoms with E-state index in [1.807, 2.05) is 6.07 Å². The van der Waals surface area contributed by atoms with Gasteiger partial charge in [-0.1, -0.05) is 17.7 Å². The van der Waals surface area contributed by atoms with Crippen molar-refractivity contribution in [2.24, 2.45) is 0 Å². The van der Waals surface area contributed by atoms with Gasteiger partial charge in [0.2, 0.25) is 5.95 Å². The number of tetrazole rings is 1. The van der Waals surface area contributed by atoms with Gasteiger partial charge in [0.25, 0.3) is 11.8 Å². The van der Waals surface area contributed by atoms with E-state index < -0.39 is 17.9 Å². The van der Waals surface area contributed by atoms with Crippen LogP contribution in [0, 0.1) is 0 Å². The van der Waals surface area contributed by atoms with Gasteiger partial charge in [0, 0.05) is 35.6 Å². The van der Waals surface area contributed by atoms with Crippen molar-refractivity contribution in [3.63, 3.8) is 0 Å². The summed E-state index contributed by atoms with van der Waals surface area (Å²) in [7, 11) is 1.24. The zero-order valence-corrected chi connectivity index (χ0v) is 25.8. The monoisotopic (exact) mass is 658 g/mol. The maximum absolute atomic E-state index is 13.0. The second-order valence-corrected chi connectivity index (χ2v) is 10.7. The Morgan fingerprint density at radius 3 is 2.51 bits per heavy atom. The normalized spacial score (nSPS) is 11.5. The lowest BCUT2D eigenvalue weighted by Gasteiger charge is -2.17. The van der Waals surface area contributed by atoms with Crippen molar-refractivity contribution < 1.29 is 19.1 Å². The summed E-state index contributed by atoms with van der Waals surface area (Å²) in [6, 6.07) is 14.1. The molecular weight excluding hydrogens is 628 g/mol. The fourth-order valence-corrected chi connectivity index (χ4v) is 5.14. The highest BCUT2D eigenvalue weighted by atomic mass is 35.5. The number of aromatic amines is 1. The number of nitrogens with one attached hydrogen (secondary N) is 4. The number of carbonyl (C=O) groups is 3. The van der Waals surface area contributed by atoms with Gasteiger partial charge in [-0.25, -0.2) is 14.9 Å². The molecule has 0 aliphatic rings. The van der Waals surface area contributed by atoms with Gasteiger partial charge in [0.05, 0.1) is 28.6 Å². The van der Waals surface area contributed by atoms with Gasteiger partial charge in [-0.15, -0.1) is 5.10 Å². The van der Waals surface area contributed by atoms with Crippen LogP contribution in [0.5, 0.6) is 0 Å². The molecule has 0 saturated carbocycles. The number of nitrogens with two attached hydrogens (primary N) is 3. The molecule has 0 fully saturated rings. The van der Waals surface area contributed by atoms with Crippen LogP contribution < -0.4 is 33.2 Å². The van der Waals surface area contributed by atoms with Crippen LogP contribution in [-0.4, -0.2) is 68.1 Å². The van der Waals surface area contributed by atoms with Crippen molar-refractivity contribution in [3.05, 3.63) is 76.3 Å². The molecule has 2 aromatic heterocycles. The number of aromatic nitrogens is 6. The van der Waals surface area contributed by atoms with E-state index in [0.717, 1.165) is 11.3 Å². The summed E-state index contributed by atoms with van der Waals surface area (Å²) in [4.78, 5) is 46.5. The maximum Gasteiger partial charge on any atom is 0.328 e. The van der Waals surface area contributed by atoms with Crippen molar-refractivity contribution in [2.75, 3.05) is 36.2 Å². The number of benzene rings is 3. The Morgan fingerprint density at radius 2 is 1.79 bits per heavy atom. The van der Waals surface area contributed by atoms with Gasteiger partial charge in [-0.05, 0) is 77.4 Å². The quantitative estimate of drug-likeness (QED) is 0.0577. The first-order valence-corrected chi connectivity index (χ1v) is 14.7. The summed E-state index contributed by atoms with van der Waals surface area (Å²) >= 11 is 6.57. The average molecular weight is 659 g/mol. The van der Waals surface area contributed by atoms with Crippen LogP contribution >= 0.6 is 11.6 Å². The smallest absolute Gasteiger partial charge is 0.328 e. The Bertz CT molecular complexity index is 1920. The van der Waals surface area contributed by atoms with E-state index in [9.17, 15) is 14.4 Å². The number of esters is 1. The van der Waals surface area contributed by atoms with Crippen LogP contribution in [0.25, 0.3) is 22.3 Å². The standard InChI is InChI=1S/C30H31ClN12O4/c1-47-29(46)22(3-2-12-35-28(45)19-10-7-17(32)13-20(19)26-40-42-43-41-26)37-27(44)15-4-8-18(9-5-15)36-14-16-6-11-21-23(24(16)31)25(33)39-30(34)38-21/h4-11,13,22,36H,2-3,12,14,32H2,1H3,(H,35,45)(H,37,44)(H4,33,34,38,39)(H,40,41,42,43)/t22-/m0/s1. The fourth-order valence-electron chi connectivity index (χ4n) is 4.81. The Hall–Kier alpha value is -6.03. The molecule has 2 amide bonds. The van der Waals surface area contributed by atoms with Gasteiger partial charge >= 0.3 is 5.97 Å². The van der Waals surface area contributed by atoms with Crippen molar-refractivity contribution in [1.29, 1.82) is 0 Å². The van der Waals surface area contributed by atoms with E-state index in [1.54, 1.807) is 48.5 Å². The summed E-state index contributed by atoms with van der Waals surface area (Å²) in [6.07, 6.45) is 0.582. The number of fused-ring (bicyclic) bond motifs is 1. The predicted octanol–water partition coefficient (Wildman–Crippen LogP) is 2.30. The number of carbonyl (C=O) groups excluding carboxylic acids is 3. The highest BCUT2D eigenvalue weighted by Gasteiger charge is 2.22. The number of nitrogen functional groups attached to an aromatic ring is 3. The van der Waals surface area contributed by atoms with Gasteiger partial charge in [-0.3, -0.25) is 9.59 Å². The number of rotatable bonds is 12. The molecule has 0 aliphatic heterocycles. The molecule has 0 saturated heterocycles. The van der Waals surface area contributed by atoms with Crippen molar-refractivity contribution in [2.45, 2.75) is 25.4 Å². The minimum Gasteiger partial charge on any atom is -0.467 e. The molecule has 0 unspecified atom stereocenters. The molecular formula is C30H31ClN12O4. The number of ether oxygens (including phenoxy) is 1. The SMILES string of the molecule is COC(=O)[C@H](CCCNC(=O)c1ccc(N)cc1-c1nnn[nH]1)NC(=O)c1ccc(NCc2ccc3nc(N)nc(N)c3c2Cl)cc1. The minimum absolute atomic E-state index is 0.0648. The van der Waals surface area contributed by atoms with Crippen LogP contribution in [0.4, 0.5) is 23.1 Å². The van der Waals surface area contributed by atoms with E-state index in [4.69, 9.17) is 33.5 Å². The molecule has 0 radical (unpaired) electrons. The van der Waals surface area contributed by atoms with Crippen molar-refractivity contribution >= 4 is 63.4 Å². The molecule has 0 aliphatic carbocycles. The third-order valence-corrected chi connectivity index (χ3v) is 7.62. The van der Waals surface area contributed by atoms with Crippen LogP contribution in [0.2, 0.25) is 5.02 Å². The van der Waals surface area contributed by atoms with Crippen LogP contribution in [0.1, 0.15) is 39.1 Å². The fraction of sp³-hybridized carbons (Fsp3) is 0.200. The number of amides is 2. The molecule has 5 rings (SSSR count). The van der Waals surface area contributed by atoms with Gasteiger partial charge in [0.1, 0.15) is 11.9 Å². The third kappa shape index (κ3) is 7.62. The summed E-state index contributed by atoms with van der Waals surface area (Å²) in [5, 5.41) is 23.3. The molecule has 10 N–H and O–H groups in total. The highest BCUT2D eigenvalue weighted by Crippen LogP contribution is 2.31. The van der Waals surface area contributed by atoms with Crippen molar-refractivity contribution in [1.82, 2.24) is 41.2 Å². The molecule has 0 bridgehead atoms. The first kappa shape index (κ1) is 32.4. The Balaban J connectivity index is 1.15. The third-order valence-electron chi connectivity index (χ3n) is 7.19. The number of hydrogen-bond donors (Lipinski definition) is 7. The number of hydrogen-bond acceptors (Lipinski definition) is 13. The Morgan fingerprint density at radius 1 is 1.00 bits per heavy atom. The van der Waals surface area contributed by atoms with Crippen LogP contribution in [0.15, 0.2) is 54.6 Å². The molecule has 2 heterocycles. The maximum atomic E-state index is 13.0. The second-order valence-electron chi connectivity index (χ2n) is 10.3. The lowest BCUT2D eigenvalue weighted by Crippen LogP contribution is -2.42. The summed E-state index contributed by atoms with van der Waals surface area (Å²) in [5.74, 6) is -0.900. The summed E-state index contributed by atoms with van der Waals surface area (Å²) in [5.41, 5.74) is 21.1. The van der Waals surface area contributed by atoms with E-state index >= 15 is 0 Å². The minimum atomic E-state index is -0.934. The van der Waals surface area contributed by atoms with Crippen LogP contribution in [0.3, 0.4) is 0 Å². The summed E-state index contributed by atoms with van der Waals surface area (Å²) in [6.45, 7) is 0.581. The van der Waals surface area contributed by atoms with E-state index in [2.05, 4.69) is 46.5 Å². The van der Waals surface area contributed by atoms with Gasteiger partial charge in [-0.2, -0.15) is 4.98 Å². The first-order valence-electron chi connectivity index (χ1n) is 14.3. The zero-order chi connectivity index (χ0) is 33.5. The van der Waals surface area contributed by atoms with E-state index in [-0.39, 0.29) is 30.6 Å². The molecule has 16 nitrogen and oxygen atoms in total. The van der Waals surface area contributed by atoms with E-state index in [1.165, 1.54) is 7.11 Å². The van der Waals surface area contributed by atoms with Crippen LogP contribution in [-0.2, 0) is 16.1 Å². The predicted molar refractivity (Wildman–Crippen MR) is 176 cm³/mol. The number of anilines is 4. The van der Waals surface area contributed by atoms with Gasteiger partial charge < -0.3 is 37.9 Å². The second kappa shape index (κ2) is 14.4. The number of halogens is 1. The van der Waals surface area contributed by atoms with Crippen molar-refractivity contribution in [3.8, 4) is 11.4 Å². The molecule has 47 heavy (non-hydrogen) atoms. The first-order chi connectivity index (χ1) is 22.6. The topological polar surface area (TPSA) is 255 Å². The molecule has 3 aromatic carbocycles. The lowest BCUT2D eigenvalue weighted by molar-refractivity contribution is -0.143. The van der Waals surface area contributed by atoms with E-state index in [0.29, 0.717) is 57.1 Å². The molecule has 0 spiro atoms. The molecule has 17 heteroatoms. The zero-order valence-electron chi connectivity index (χ0n) is 25.1. The van der Waals surface area contributed by atoms with Gasteiger partial charge in [0.15, 0.2) is 5.82 Å². The average Bonchev–Trinajstić information content (AvgIpc) is 3.60. The highest BCUT2D eigenvalue weighted by molar-refractivity contribution is 6.37. The Labute approximate surface area is 272 Å².